The predicted molar refractivity (Wildman–Crippen MR) is 170 cm³/mol. The lowest BCUT2D eigenvalue weighted by Gasteiger charge is -2.11. The van der Waals surface area contributed by atoms with E-state index in [1.54, 1.807) is 35.1 Å². The second-order valence-corrected chi connectivity index (χ2v) is 11.1. The Bertz CT molecular complexity index is 1450. The number of benzene rings is 1. The molecule has 0 unspecified atom stereocenters. The van der Waals surface area contributed by atoms with Crippen LogP contribution in [-0.4, -0.2) is 112 Å². The number of thiocarbonyl (C=S) groups is 1. The van der Waals surface area contributed by atoms with Gasteiger partial charge in [0.05, 0.1) is 22.1 Å². The first-order valence-corrected chi connectivity index (χ1v) is 14.4. The van der Waals surface area contributed by atoms with Gasteiger partial charge in [0.1, 0.15) is 16.4 Å². The number of thioether (sulfide) groups is 1. The summed E-state index contributed by atoms with van der Waals surface area (Å²) >= 11 is 6.78. The largest absolute Gasteiger partial charge is 0.480 e. The van der Waals surface area contributed by atoms with Gasteiger partial charge in [-0.15, -0.1) is 11.3 Å². The summed E-state index contributed by atoms with van der Waals surface area (Å²) in [5.74, 6) is -2.92. The van der Waals surface area contributed by atoms with Gasteiger partial charge in [0.2, 0.25) is 12.8 Å². The third-order valence-electron chi connectivity index (χ3n) is 4.59. The van der Waals surface area contributed by atoms with Crippen LogP contribution in [0.3, 0.4) is 0 Å². The second-order valence-electron chi connectivity index (χ2n) is 8.64. The molecule has 5 amide bonds. The van der Waals surface area contributed by atoms with Gasteiger partial charge in [-0.2, -0.15) is 0 Å². The number of hydrogen-bond donors (Lipinski definition) is 3. The minimum atomic E-state index is -1.28. The number of carbonyl (C=O) groups excluding carboxylic acids is 5. The molecule has 1 saturated heterocycles. The van der Waals surface area contributed by atoms with Crippen LogP contribution in [0.15, 0.2) is 34.6 Å². The zero-order chi connectivity index (χ0) is 34.3. The Labute approximate surface area is 270 Å². The number of non-ortho nitro benzene ring substituents is 1. The molecule has 2 heterocycles. The molecule has 0 atom stereocenters. The highest BCUT2D eigenvalue weighted by Gasteiger charge is 2.38. The van der Waals surface area contributed by atoms with Crippen LogP contribution in [0.4, 0.5) is 21.3 Å². The topological polar surface area (TPSA) is 222 Å². The number of anilines is 2. The first-order chi connectivity index (χ1) is 21.1. The van der Waals surface area contributed by atoms with Crippen LogP contribution in [-0.2, 0) is 28.7 Å². The number of amides is 5. The molecular weight excluding hydrogens is 655 g/mol. The van der Waals surface area contributed by atoms with Gasteiger partial charge in [-0.05, 0) is 19.1 Å². The number of ether oxygens (including phenoxy) is 1. The van der Waals surface area contributed by atoms with E-state index in [1.165, 1.54) is 39.4 Å². The van der Waals surface area contributed by atoms with Crippen molar-refractivity contribution in [2.45, 2.75) is 6.92 Å². The number of nitrogens with one attached hydrogen (secondary N) is 2. The van der Waals surface area contributed by atoms with Crippen molar-refractivity contribution < 1.29 is 43.5 Å². The number of aromatic nitrogens is 1. The molecule has 1 aromatic carbocycles. The number of carboxylic acids is 1. The molecule has 45 heavy (non-hydrogen) atoms. The van der Waals surface area contributed by atoms with Crippen molar-refractivity contribution in [3.05, 3.63) is 50.4 Å². The summed E-state index contributed by atoms with van der Waals surface area (Å²) in [5, 5.41) is 26.2. The average Bonchev–Trinajstić information content (AvgIpc) is 3.53. The number of nitro groups is 1. The Morgan fingerprint density at radius 3 is 2.13 bits per heavy atom. The molecular formula is C25H29N7O10S3. The van der Waals surface area contributed by atoms with Crippen LogP contribution in [0.1, 0.15) is 12.6 Å². The quantitative estimate of drug-likeness (QED) is 0.0818. The molecule has 0 spiro atoms. The van der Waals surface area contributed by atoms with E-state index in [1.807, 2.05) is 0 Å². The van der Waals surface area contributed by atoms with Crippen LogP contribution in [0.2, 0.25) is 0 Å². The van der Waals surface area contributed by atoms with Crippen molar-refractivity contribution in [1.29, 1.82) is 0 Å². The molecule has 20 heteroatoms. The van der Waals surface area contributed by atoms with Crippen LogP contribution in [0.25, 0.3) is 5.57 Å². The zero-order valence-electron chi connectivity index (χ0n) is 24.5. The summed E-state index contributed by atoms with van der Waals surface area (Å²) in [7, 11) is 6.75. The van der Waals surface area contributed by atoms with Gasteiger partial charge < -0.3 is 25.0 Å². The predicted octanol–water partition coefficient (Wildman–Crippen LogP) is 2.32. The van der Waals surface area contributed by atoms with Crippen molar-refractivity contribution >= 4 is 98.4 Å². The Hall–Kier alpha value is -4.95. The molecule has 3 N–H and O–H groups in total. The monoisotopic (exact) mass is 683 g/mol. The molecule has 1 aliphatic heterocycles. The fraction of sp³-hybridized carbons (Fsp3) is 0.280. The number of carboxylic acid groups (broad SMARTS) is 1. The molecule has 2 aromatic rings. The summed E-state index contributed by atoms with van der Waals surface area (Å²) in [5.41, 5.74) is -0.0351. The van der Waals surface area contributed by atoms with Gasteiger partial charge in [0.15, 0.2) is 5.13 Å². The Morgan fingerprint density at radius 2 is 1.67 bits per heavy atom. The Kier molecular flexibility index (Phi) is 15.8. The van der Waals surface area contributed by atoms with Crippen molar-refractivity contribution in [2.75, 3.05) is 52.0 Å². The lowest BCUT2D eigenvalue weighted by atomic mass is 10.2. The third-order valence-corrected chi connectivity index (χ3v) is 6.79. The minimum absolute atomic E-state index is 0.00461. The van der Waals surface area contributed by atoms with E-state index in [4.69, 9.17) is 22.1 Å². The van der Waals surface area contributed by atoms with Gasteiger partial charge in [0, 0.05) is 51.4 Å². The molecule has 242 valence electrons. The van der Waals surface area contributed by atoms with E-state index >= 15 is 0 Å². The van der Waals surface area contributed by atoms with Crippen LogP contribution in [0.5, 0.6) is 0 Å². The number of nitrogens with zero attached hydrogens (tertiary/aromatic N) is 5. The number of nitro benzene ring substituents is 1. The Morgan fingerprint density at radius 1 is 1.11 bits per heavy atom. The average molecular weight is 684 g/mol. The van der Waals surface area contributed by atoms with Gasteiger partial charge >= 0.3 is 18.0 Å². The fourth-order valence-electron chi connectivity index (χ4n) is 2.71. The lowest BCUT2D eigenvalue weighted by Crippen LogP contribution is -2.33. The van der Waals surface area contributed by atoms with E-state index in [9.17, 15) is 38.9 Å². The first kappa shape index (κ1) is 38.1. The summed E-state index contributed by atoms with van der Waals surface area (Å²) in [6.07, 6.45) is 1.50. The number of rotatable bonds is 10. The van der Waals surface area contributed by atoms with Crippen molar-refractivity contribution in [1.82, 2.24) is 19.7 Å². The molecule has 0 bridgehead atoms. The summed E-state index contributed by atoms with van der Waals surface area (Å²) in [4.78, 5) is 85.6. The van der Waals surface area contributed by atoms with Crippen molar-refractivity contribution in [3.63, 3.8) is 0 Å². The maximum absolute atomic E-state index is 12.8. The highest BCUT2D eigenvalue weighted by atomic mass is 32.2. The molecule has 1 aromatic heterocycles. The molecule has 0 aliphatic carbocycles. The number of carbonyl (C=O) groups is 6. The minimum Gasteiger partial charge on any atom is -0.480 e. The maximum atomic E-state index is 12.8. The molecule has 0 saturated carbocycles. The molecule has 0 radical (unpaired) electrons. The van der Waals surface area contributed by atoms with Gasteiger partial charge in [0.25, 0.3) is 11.6 Å². The van der Waals surface area contributed by atoms with Crippen LogP contribution < -0.4 is 10.6 Å². The SMILES string of the molecule is CCOC(=O)C(=C1SC(=S)N(CC(=O)O)C1=O)c1csc(NC(=O)Nc2ccc([N+](=O)[O-])cc2)n1.CN(C)C=O.CN(C)C=O. The molecule has 17 nitrogen and oxygen atoms in total. The standard InChI is InChI=1S/C19H15N5O8S3.2C3H7NO/c1-2-32-16(28)13(14-15(27)23(7-12(25)26)19(33)35-14)11-8-34-18(21-11)22-17(29)20-9-3-5-10(6-4-9)24(30)31;2*1-4(2)3-5/h3-6,8H,2,7H2,1H3,(H,25,26)(H2,20,21,22,29);2*3H,1-2H3. The van der Waals surface area contributed by atoms with Crippen LogP contribution >= 0.6 is 35.3 Å². The van der Waals surface area contributed by atoms with Gasteiger partial charge in [-0.25, -0.2) is 14.6 Å². The van der Waals surface area contributed by atoms with Crippen molar-refractivity contribution in [3.8, 4) is 0 Å². The first-order valence-electron chi connectivity index (χ1n) is 12.3. The third kappa shape index (κ3) is 12.7. The highest BCUT2D eigenvalue weighted by molar-refractivity contribution is 8.26. The van der Waals surface area contributed by atoms with Gasteiger partial charge in [-0.1, -0.05) is 24.0 Å². The number of aliphatic carboxylic acids is 1. The normalized spacial score (nSPS) is 12.8. The molecule has 1 fully saturated rings. The van der Waals surface area contributed by atoms with Crippen LogP contribution in [0, 0.1) is 10.1 Å². The number of esters is 1. The van der Waals surface area contributed by atoms with E-state index in [0.717, 1.165) is 40.8 Å². The van der Waals surface area contributed by atoms with E-state index < -0.39 is 35.3 Å². The number of hydrogen-bond acceptors (Lipinski definition) is 13. The summed E-state index contributed by atoms with van der Waals surface area (Å²) in [6.45, 7) is 0.906. The van der Waals surface area contributed by atoms with E-state index in [0.29, 0.717) is 5.69 Å². The number of thiazole rings is 1. The summed E-state index contributed by atoms with van der Waals surface area (Å²) in [6, 6.07) is 4.45. The van der Waals surface area contributed by atoms with E-state index in [2.05, 4.69) is 15.6 Å². The van der Waals surface area contributed by atoms with E-state index in [-0.39, 0.29) is 37.9 Å². The second kappa shape index (κ2) is 18.7. The molecule has 1 aliphatic rings. The van der Waals surface area contributed by atoms with Crippen molar-refractivity contribution in [2.24, 2.45) is 0 Å². The lowest BCUT2D eigenvalue weighted by molar-refractivity contribution is -0.384. The molecule has 3 rings (SSSR count). The zero-order valence-corrected chi connectivity index (χ0v) is 27.0. The number of urea groups is 1. The highest BCUT2D eigenvalue weighted by Crippen LogP contribution is 2.38. The maximum Gasteiger partial charge on any atom is 0.341 e. The Balaban J connectivity index is 0.000000877. The summed E-state index contributed by atoms with van der Waals surface area (Å²) < 4.78 is 5.01. The van der Waals surface area contributed by atoms with Gasteiger partial charge in [-0.3, -0.25) is 39.5 Å². The smallest absolute Gasteiger partial charge is 0.341 e. The fourth-order valence-corrected chi connectivity index (χ4v) is 4.72.